The lowest BCUT2D eigenvalue weighted by Crippen LogP contribution is -2.11. The fraction of sp³-hybridized carbons (Fsp3) is 0.0909. The van der Waals surface area contributed by atoms with Crippen molar-refractivity contribution >= 4 is 27.3 Å². The Morgan fingerprint density at radius 3 is 2.67 bits per heavy atom. The maximum Gasteiger partial charge on any atom is 0.124 e. The lowest BCUT2D eigenvalue weighted by atomic mass is 10.0. The van der Waals surface area contributed by atoms with Crippen molar-refractivity contribution in [2.75, 3.05) is 0 Å². The third kappa shape index (κ3) is 2.45. The van der Waals surface area contributed by atoms with E-state index in [-0.39, 0.29) is 11.9 Å². The van der Waals surface area contributed by atoms with E-state index >= 15 is 0 Å². The van der Waals surface area contributed by atoms with Crippen molar-refractivity contribution in [1.82, 2.24) is 0 Å². The maximum absolute atomic E-state index is 13.1. The molecule has 0 aliphatic carbocycles. The Bertz CT molecular complexity index is 435. The van der Waals surface area contributed by atoms with Gasteiger partial charge in [0.2, 0.25) is 0 Å². The Kier molecular flexibility index (Phi) is 3.19. The van der Waals surface area contributed by atoms with E-state index in [4.69, 9.17) is 5.73 Å². The molecule has 0 aliphatic heterocycles. The summed E-state index contributed by atoms with van der Waals surface area (Å²) in [5.41, 5.74) is 7.81. The number of hydrogen-bond donors (Lipinski definition) is 1. The molecule has 0 spiro atoms. The van der Waals surface area contributed by atoms with Crippen molar-refractivity contribution in [3.63, 3.8) is 0 Å². The van der Waals surface area contributed by atoms with Gasteiger partial charge in [-0.25, -0.2) is 4.39 Å². The average Bonchev–Trinajstić information content (AvgIpc) is 2.67. The molecule has 1 atom stereocenters. The monoisotopic (exact) mass is 285 g/mol. The summed E-state index contributed by atoms with van der Waals surface area (Å²) >= 11 is 4.84. The number of thiophene rings is 1. The second-order valence-corrected chi connectivity index (χ2v) is 4.93. The van der Waals surface area contributed by atoms with Gasteiger partial charge in [-0.05, 0) is 46.2 Å². The van der Waals surface area contributed by atoms with Gasteiger partial charge in [-0.1, -0.05) is 15.9 Å². The highest BCUT2D eigenvalue weighted by Crippen LogP contribution is 2.25. The van der Waals surface area contributed by atoms with E-state index in [9.17, 15) is 4.39 Å². The summed E-state index contributed by atoms with van der Waals surface area (Å²) in [4.78, 5) is 0. The zero-order valence-corrected chi connectivity index (χ0v) is 10.2. The highest BCUT2D eigenvalue weighted by Gasteiger charge is 2.10. The summed E-state index contributed by atoms with van der Waals surface area (Å²) in [6.07, 6.45) is 0. The lowest BCUT2D eigenvalue weighted by Gasteiger charge is -2.10. The molecule has 15 heavy (non-hydrogen) atoms. The zero-order valence-electron chi connectivity index (χ0n) is 7.78. The first-order chi connectivity index (χ1) is 7.16. The molecule has 2 aromatic rings. The predicted octanol–water partition coefficient (Wildman–Crippen LogP) is 3.70. The van der Waals surface area contributed by atoms with E-state index in [2.05, 4.69) is 15.9 Å². The van der Waals surface area contributed by atoms with Crippen molar-refractivity contribution in [3.8, 4) is 0 Å². The zero-order chi connectivity index (χ0) is 10.8. The Hall–Kier alpha value is -0.710. The second kappa shape index (κ2) is 4.43. The molecule has 4 heteroatoms. The van der Waals surface area contributed by atoms with Crippen LogP contribution in [0.25, 0.3) is 0 Å². The van der Waals surface area contributed by atoms with E-state index in [0.29, 0.717) is 4.47 Å². The topological polar surface area (TPSA) is 26.0 Å². The van der Waals surface area contributed by atoms with Gasteiger partial charge in [-0.3, -0.25) is 0 Å². The summed E-state index contributed by atoms with van der Waals surface area (Å²) in [7, 11) is 0. The van der Waals surface area contributed by atoms with Crippen LogP contribution in [-0.2, 0) is 0 Å². The van der Waals surface area contributed by atoms with Crippen LogP contribution < -0.4 is 5.73 Å². The number of hydrogen-bond acceptors (Lipinski definition) is 2. The van der Waals surface area contributed by atoms with Crippen LogP contribution in [0, 0.1) is 5.82 Å². The van der Waals surface area contributed by atoms with Gasteiger partial charge < -0.3 is 5.73 Å². The van der Waals surface area contributed by atoms with Crippen LogP contribution in [0.3, 0.4) is 0 Å². The van der Waals surface area contributed by atoms with Crippen molar-refractivity contribution in [1.29, 1.82) is 0 Å². The average molecular weight is 286 g/mol. The Balaban J connectivity index is 2.37. The third-order valence-electron chi connectivity index (χ3n) is 2.15. The van der Waals surface area contributed by atoms with Gasteiger partial charge in [0.15, 0.2) is 0 Å². The van der Waals surface area contributed by atoms with Crippen LogP contribution in [0.5, 0.6) is 0 Å². The Morgan fingerprint density at radius 2 is 2.07 bits per heavy atom. The molecule has 1 nitrogen and oxygen atoms in total. The van der Waals surface area contributed by atoms with E-state index < -0.39 is 0 Å². The van der Waals surface area contributed by atoms with Crippen LogP contribution in [0.2, 0.25) is 0 Å². The molecule has 1 unspecified atom stereocenters. The fourth-order valence-corrected chi connectivity index (χ4v) is 2.58. The van der Waals surface area contributed by atoms with Crippen molar-refractivity contribution in [2.45, 2.75) is 6.04 Å². The largest absolute Gasteiger partial charge is 0.320 e. The van der Waals surface area contributed by atoms with Crippen molar-refractivity contribution in [2.24, 2.45) is 5.73 Å². The summed E-state index contributed by atoms with van der Waals surface area (Å²) in [6.45, 7) is 0. The number of rotatable bonds is 2. The van der Waals surface area contributed by atoms with Crippen LogP contribution in [0.4, 0.5) is 4.39 Å². The van der Waals surface area contributed by atoms with Gasteiger partial charge in [-0.2, -0.15) is 11.3 Å². The molecule has 1 aromatic heterocycles. The van der Waals surface area contributed by atoms with E-state index in [0.717, 1.165) is 11.1 Å². The van der Waals surface area contributed by atoms with Crippen molar-refractivity contribution < 1.29 is 4.39 Å². The van der Waals surface area contributed by atoms with Gasteiger partial charge in [0.25, 0.3) is 0 Å². The summed E-state index contributed by atoms with van der Waals surface area (Å²) < 4.78 is 13.9. The summed E-state index contributed by atoms with van der Waals surface area (Å²) in [5.74, 6) is -0.273. The SMILES string of the molecule is NC(c1ccsc1)c1cc(F)cc(Br)c1. The Labute approximate surface area is 99.9 Å². The lowest BCUT2D eigenvalue weighted by molar-refractivity contribution is 0.622. The molecule has 1 aromatic carbocycles. The van der Waals surface area contributed by atoms with Crippen LogP contribution in [0.1, 0.15) is 17.2 Å². The van der Waals surface area contributed by atoms with Crippen molar-refractivity contribution in [3.05, 3.63) is 56.4 Å². The van der Waals surface area contributed by atoms with Gasteiger partial charge in [0.1, 0.15) is 5.82 Å². The fourth-order valence-electron chi connectivity index (χ4n) is 1.40. The third-order valence-corrected chi connectivity index (χ3v) is 3.31. The molecule has 78 valence electrons. The molecule has 0 saturated heterocycles. The molecule has 0 fully saturated rings. The van der Waals surface area contributed by atoms with Gasteiger partial charge in [-0.15, -0.1) is 0 Å². The van der Waals surface area contributed by atoms with E-state index in [1.54, 1.807) is 11.3 Å². The molecule has 0 radical (unpaired) electrons. The van der Waals surface area contributed by atoms with E-state index in [1.807, 2.05) is 22.9 Å². The first kappa shape index (κ1) is 10.8. The molecule has 1 heterocycles. The minimum absolute atomic E-state index is 0.261. The number of benzene rings is 1. The highest BCUT2D eigenvalue weighted by atomic mass is 79.9. The van der Waals surface area contributed by atoms with Crippen LogP contribution >= 0.6 is 27.3 Å². The first-order valence-electron chi connectivity index (χ1n) is 4.40. The first-order valence-corrected chi connectivity index (χ1v) is 6.14. The van der Waals surface area contributed by atoms with Crippen LogP contribution in [-0.4, -0.2) is 0 Å². The minimum atomic E-state index is -0.273. The molecular weight excluding hydrogens is 277 g/mol. The second-order valence-electron chi connectivity index (χ2n) is 3.24. The molecular formula is C11H9BrFNS. The quantitative estimate of drug-likeness (QED) is 0.895. The molecule has 0 aliphatic rings. The molecule has 2 N–H and O–H groups in total. The smallest absolute Gasteiger partial charge is 0.124 e. The molecule has 0 amide bonds. The molecule has 2 rings (SSSR count). The predicted molar refractivity (Wildman–Crippen MR) is 64.4 cm³/mol. The standard InChI is InChI=1S/C11H9BrFNS/c12-9-3-8(4-10(13)5-9)11(14)7-1-2-15-6-7/h1-6,11H,14H2. The minimum Gasteiger partial charge on any atom is -0.320 e. The summed E-state index contributed by atoms with van der Waals surface area (Å²) in [6, 6.07) is 6.42. The van der Waals surface area contributed by atoms with Gasteiger partial charge in [0, 0.05) is 4.47 Å². The number of halogens is 2. The van der Waals surface area contributed by atoms with Gasteiger partial charge >= 0.3 is 0 Å². The maximum atomic E-state index is 13.1. The van der Waals surface area contributed by atoms with E-state index in [1.165, 1.54) is 12.1 Å². The molecule has 0 bridgehead atoms. The highest BCUT2D eigenvalue weighted by molar-refractivity contribution is 9.10. The van der Waals surface area contributed by atoms with Gasteiger partial charge in [0.05, 0.1) is 6.04 Å². The summed E-state index contributed by atoms with van der Waals surface area (Å²) in [5, 5.41) is 3.94. The molecule has 0 saturated carbocycles. The number of nitrogens with two attached hydrogens (primary N) is 1. The normalized spacial score (nSPS) is 12.7. The Morgan fingerprint density at radius 1 is 1.27 bits per heavy atom. The van der Waals surface area contributed by atoms with Crippen LogP contribution in [0.15, 0.2) is 39.5 Å².